The predicted octanol–water partition coefficient (Wildman–Crippen LogP) is 2.63. The number of hydrogen-bond donors (Lipinski definition) is 2. The molecule has 2 aromatic rings. The summed E-state index contributed by atoms with van der Waals surface area (Å²) in [7, 11) is 0. The van der Waals surface area contributed by atoms with Crippen LogP contribution in [-0.2, 0) is 4.79 Å². The number of carbonyl (C=O) groups is 2. The highest BCUT2D eigenvalue weighted by molar-refractivity contribution is 5.96. The van der Waals surface area contributed by atoms with E-state index >= 15 is 0 Å². The van der Waals surface area contributed by atoms with Crippen molar-refractivity contribution in [1.82, 2.24) is 10.6 Å². The van der Waals surface area contributed by atoms with Gasteiger partial charge in [0.2, 0.25) is 5.91 Å². The van der Waals surface area contributed by atoms with Crippen LogP contribution in [0.25, 0.3) is 0 Å². The first-order chi connectivity index (χ1) is 12.5. The Balaban J connectivity index is 1.83. The van der Waals surface area contributed by atoms with Crippen molar-refractivity contribution in [2.24, 2.45) is 0 Å². The normalized spacial score (nSPS) is 11.4. The maximum atomic E-state index is 12.0. The zero-order valence-electron chi connectivity index (χ0n) is 14.5. The lowest BCUT2D eigenvalue weighted by molar-refractivity contribution is -0.384. The van der Waals surface area contributed by atoms with Gasteiger partial charge in [-0.25, -0.2) is 0 Å². The van der Waals surface area contributed by atoms with Gasteiger partial charge in [-0.05, 0) is 18.1 Å². The van der Waals surface area contributed by atoms with Crippen molar-refractivity contribution in [3.05, 3.63) is 75.8 Å². The summed E-state index contributed by atoms with van der Waals surface area (Å²) in [5.74, 6) is -0.635. The third-order valence-corrected chi connectivity index (χ3v) is 4.04. The maximum absolute atomic E-state index is 12.0. The van der Waals surface area contributed by atoms with E-state index in [0.29, 0.717) is 6.54 Å². The summed E-state index contributed by atoms with van der Waals surface area (Å²) in [6.45, 7) is 2.34. The molecule has 0 spiro atoms. The SMILES string of the molecule is CCC(CNC(=O)CNC(=O)c1cccc([N+](=O)[O-])c1)c1ccccc1. The molecule has 1 unspecified atom stereocenters. The van der Waals surface area contributed by atoms with Crippen LogP contribution in [0.5, 0.6) is 0 Å². The molecule has 2 rings (SSSR count). The molecule has 0 saturated heterocycles. The Morgan fingerprint density at radius 2 is 1.81 bits per heavy atom. The highest BCUT2D eigenvalue weighted by Gasteiger charge is 2.14. The van der Waals surface area contributed by atoms with Gasteiger partial charge in [-0.2, -0.15) is 0 Å². The van der Waals surface area contributed by atoms with Crippen LogP contribution in [0.1, 0.15) is 35.2 Å². The summed E-state index contributed by atoms with van der Waals surface area (Å²) in [4.78, 5) is 34.2. The first-order valence-electron chi connectivity index (χ1n) is 8.35. The number of nitrogens with one attached hydrogen (secondary N) is 2. The first kappa shape index (κ1) is 19.1. The van der Waals surface area contributed by atoms with E-state index in [0.717, 1.165) is 12.0 Å². The number of carbonyl (C=O) groups excluding carboxylic acids is 2. The number of nitrogens with zero attached hydrogens (tertiary/aromatic N) is 1. The Labute approximate surface area is 151 Å². The van der Waals surface area contributed by atoms with Crippen molar-refractivity contribution in [3.63, 3.8) is 0 Å². The van der Waals surface area contributed by atoms with E-state index < -0.39 is 10.8 Å². The molecule has 2 amide bonds. The van der Waals surface area contributed by atoms with Crippen LogP contribution in [0.3, 0.4) is 0 Å². The number of amides is 2. The molecule has 0 aliphatic rings. The van der Waals surface area contributed by atoms with Gasteiger partial charge in [-0.3, -0.25) is 19.7 Å². The van der Waals surface area contributed by atoms with Gasteiger partial charge in [0.25, 0.3) is 11.6 Å². The molecule has 0 saturated carbocycles. The Hall–Kier alpha value is -3.22. The molecule has 0 aromatic heterocycles. The average molecular weight is 355 g/mol. The summed E-state index contributed by atoms with van der Waals surface area (Å²) >= 11 is 0. The highest BCUT2D eigenvalue weighted by Crippen LogP contribution is 2.17. The van der Waals surface area contributed by atoms with Crippen molar-refractivity contribution < 1.29 is 14.5 Å². The van der Waals surface area contributed by atoms with Gasteiger partial charge in [-0.15, -0.1) is 0 Å². The summed E-state index contributed by atoms with van der Waals surface area (Å²) in [5, 5.41) is 16.0. The molecule has 0 aliphatic carbocycles. The van der Waals surface area contributed by atoms with Crippen LogP contribution in [-0.4, -0.2) is 29.8 Å². The maximum Gasteiger partial charge on any atom is 0.270 e. The molecule has 136 valence electrons. The van der Waals surface area contributed by atoms with E-state index in [9.17, 15) is 19.7 Å². The molecule has 0 heterocycles. The lowest BCUT2D eigenvalue weighted by atomic mass is 9.96. The minimum absolute atomic E-state index is 0.141. The zero-order valence-corrected chi connectivity index (χ0v) is 14.5. The highest BCUT2D eigenvalue weighted by atomic mass is 16.6. The molecule has 1 atom stereocenters. The van der Waals surface area contributed by atoms with Gasteiger partial charge < -0.3 is 10.6 Å². The summed E-state index contributed by atoms with van der Waals surface area (Å²) in [6.07, 6.45) is 0.879. The molecule has 7 nitrogen and oxygen atoms in total. The Kier molecular flexibility index (Phi) is 6.84. The van der Waals surface area contributed by atoms with Crippen molar-refractivity contribution in [3.8, 4) is 0 Å². The number of non-ortho nitro benzene ring substituents is 1. The van der Waals surface area contributed by atoms with E-state index in [1.54, 1.807) is 0 Å². The fourth-order valence-electron chi connectivity index (χ4n) is 2.55. The summed E-state index contributed by atoms with van der Waals surface area (Å²) < 4.78 is 0. The van der Waals surface area contributed by atoms with E-state index in [-0.39, 0.29) is 29.6 Å². The van der Waals surface area contributed by atoms with Gasteiger partial charge in [0, 0.05) is 30.2 Å². The van der Waals surface area contributed by atoms with Gasteiger partial charge in [0.15, 0.2) is 0 Å². The van der Waals surface area contributed by atoms with Gasteiger partial charge in [0.05, 0.1) is 11.5 Å². The average Bonchev–Trinajstić information content (AvgIpc) is 2.67. The van der Waals surface area contributed by atoms with Crippen LogP contribution < -0.4 is 10.6 Å². The number of benzene rings is 2. The third-order valence-electron chi connectivity index (χ3n) is 4.04. The fourth-order valence-corrected chi connectivity index (χ4v) is 2.55. The van der Waals surface area contributed by atoms with Gasteiger partial charge in [-0.1, -0.05) is 43.3 Å². The molecule has 7 heteroatoms. The number of nitro groups is 1. The Bertz CT molecular complexity index is 777. The lowest BCUT2D eigenvalue weighted by Gasteiger charge is -2.16. The monoisotopic (exact) mass is 355 g/mol. The first-order valence-corrected chi connectivity index (χ1v) is 8.35. The smallest absolute Gasteiger partial charge is 0.270 e. The molecular weight excluding hydrogens is 334 g/mol. The van der Waals surface area contributed by atoms with Crippen molar-refractivity contribution in [1.29, 1.82) is 0 Å². The van der Waals surface area contributed by atoms with Crippen LogP contribution in [0, 0.1) is 10.1 Å². The van der Waals surface area contributed by atoms with E-state index in [2.05, 4.69) is 10.6 Å². The largest absolute Gasteiger partial charge is 0.354 e. The molecule has 0 fully saturated rings. The number of nitro benzene ring substituents is 1. The molecule has 2 aromatic carbocycles. The van der Waals surface area contributed by atoms with Crippen LogP contribution in [0.15, 0.2) is 54.6 Å². The molecular formula is C19H21N3O4. The van der Waals surface area contributed by atoms with E-state index in [1.807, 2.05) is 37.3 Å². The molecule has 0 aliphatic heterocycles. The number of rotatable bonds is 8. The predicted molar refractivity (Wildman–Crippen MR) is 97.9 cm³/mol. The van der Waals surface area contributed by atoms with Crippen molar-refractivity contribution >= 4 is 17.5 Å². The molecule has 0 radical (unpaired) electrons. The summed E-state index contributed by atoms with van der Waals surface area (Å²) in [5.41, 5.74) is 1.12. The molecule has 0 bridgehead atoms. The van der Waals surface area contributed by atoms with E-state index in [4.69, 9.17) is 0 Å². The lowest BCUT2D eigenvalue weighted by Crippen LogP contribution is -2.38. The number of hydrogen-bond acceptors (Lipinski definition) is 4. The van der Waals surface area contributed by atoms with Gasteiger partial charge >= 0.3 is 0 Å². The second-order valence-corrected chi connectivity index (χ2v) is 5.81. The third kappa shape index (κ3) is 5.41. The minimum Gasteiger partial charge on any atom is -0.354 e. The summed E-state index contributed by atoms with van der Waals surface area (Å²) in [6, 6.07) is 15.3. The topological polar surface area (TPSA) is 101 Å². The Morgan fingerprint density at radius 3 is 2.46 bits per heavy atom. The zero-order chi connectivity index (χ0) is 18.9. The van der Waals surface area contributed by atoms with Crippen molar-refractivity contribution in [2.45, 2.75) is 19.3 Å². The quantitative estimate of drug-likeness (QED) is 0.561. The standard InChI is InChI=1S/C19H21N3O4/c1-2-14(15-7-4-3-5-8-15)12-20-18(23)13-21-19(24)16-9-6-10-17(11-16)22(25)26/h3-11,14H,2,12-13H2,1H3,(H,20,23)(H,21,24). The van der Waals surface area contributed by atoms with Crippen molar-refractivity contribution in [2.75, 3.05) is 13.1 Å². The van der Waals surface area contributed by atoms with Crippen LogP contribution in [0.2, 0.25) is 0 Å². The second-order valence-electron chi connectivity index (χ2n) is 5.81. The van der Waals surface area contributed by atoms with E-state index in [1.165, 1.54) is 24.3 Å². The van der Waals surface area contributed by atoms with Crippen LogP contribution >= 0.6 is 0 Å². The second kappa shape index (κ2) is 9.31. The minimum atomic E-state index is -0.571. The molecule has 2 N–H and O–H groups in total. The van der Waals surface area contributed by atoms with Gasteiger partial charge in [0.1, 0.15) is 0 Å². The van der Waals surface area contributed by atoms with Crippen LogP contribution in [0.4, 0.5) is 5.69 Å². The Morgan fingerprint density at radius 1 is 1.08 bits per heavy atom. The fraction of sp³-hybridized carbons (Fsp3) is 0.263. The molecule has 26 heavy (non-hydrogen) atoms.